The van der Waals surface area contributed by atoms with Gasteiger partial charge in [-0.2, -0.15) is 5.10 Å². The van der Waals surface area contributed by atoms with Crippen LogP contribution in [0.15, 0.2) is 40.5 Å². The highest BCUT2D eigenvalue weighted by Gasteiger charge is 2.29. The fraction of sp³-hybridized carbons (Fsp3) is 0.370. The van der Waals surface area contributed by atoms with Gasteiger partial charge in [0.15, 0.2) is 4.96 Å². The van der Waals surface area contributed by atoms with E-state index in [1.807, 2.05) is 6.92 Å². The fourth-order valence-electron chi connectivity index (χ4n) is 4.88. The van der Waals surface area contributed by atoms with Crippen molar-refractivity contribution >= 4 is 28.2 Å². The number of thiazole rings is 1. The summed E-state index contributed by atoms with van der Waals surface area (Å²) >= 11 is 1.30. The lowest BCUT2D eigenvalue weighted by Gasteiger charge is -2.30. The molecule has 198 valence electrons. The normalized spacial score (nSPS) is 14.3. The Bertz CT molecular complexity index is 1580. The Morgan fingerprint density at radius 1 is 1.18 bits per heavy atom. The van der Waals surface area contributed by atoms with Crippen LogP contribution in [-0.2, 0) is 20.7 Å². The molecule has 0 atom stereocenters. The molecule has 9 nitrogen and oxygen atoms in total. The van der Waals surface area contributed by atoms with Crippen LogP contribution in [-0.4, -0.2) is 55.6 Å². The van der Waals surface area contributed by atoms with E-state index in [9.17, 15) is 18.8 Å². The largest absolute Gasteiger partial charge is 0.466 e. The van der Waals surface area contributed by atoms with Gasteiger partial charge in [0, 0.05) is 29.9 Å². The van der Waals surface area contributed by atoms with Crippen LogP contribution in [0.1, 0.15) is 36.8 Å². The van der Waals surface area contributed by atoms with Gasteiger partial charge in [0.05, 0.1) is 35.9 Å². The molecule has 4 heterocycles. The maximum Gasteiger partial charge on any atom is 0.309 e. The SMILES string of the molecule is CCOC(=O)C1CCN(C(=O)Cc2csc3nc(C)c(-c4cc(C)n(-c5cccc(F)c5)n4)c(=O)n23)CC1. The zero-order valence-electron chi connectivity index (χ0n) is 21.4. The molecule has 0 saturated carbocycles. The standard InChI is InChI=1S/C27H28FN5O4S/c1-4-37-26(36)18-8-10-31(11-9-18)23(34)14-21-15-38-27-29-17(3)24(25(35)32(21)27)22-12-16(2)33(30-22)20-7-5-6-19(28)13-20/h5-7,12-13,15,18H,4,8-11,14H2,1-3H3. The van der Waals surface area contributed by atoms with Gasteiger partial charge >= 0.3 is 5.97 Å². The Morgan fingerprint density at radius 3 is 2.66 bits per heavy atom. The number of esters is 1. The van der Waals surface area contributed by atoms with Crippen molar-refractivity contribution in [1.29, 1.82) is 0 Å². The van der Waals surface area contributed by atoms with Gasteiger partial charge in [0.25, 0.3) is 5.56 Å². The molecule has 0 aliphatic carbocycles. The summed E-state index contributed by atoms with van der Waals surface area (Å²) in [5.74, 6) is -0.878. The molecule has 1 aliphatic rings. The van der Waals surface area contributed by atoms with Crippen LogP contribution >= 0.6 is 11.3 Å². The second kappa shape index (κ2) is 10.5. The Hall–Kier alpha value is -3.86. The molecular weight excluding hydrogens is 509 g/mol. The Labute approximate surface area is 222 Å². The minimum Gasteiger partial charge on any atom is -0.466 e. The number of aryl methyl sites for hydroxylation is 2. The molecule has 38 heavy (non-hydrogen) atoms. The molecule has 1 saturated heterocycles. The van der Waals surface area contributed by atoms with E-state index in [1.165, 1.54) is 27.9 Å². The Balaban J connectivity index is 1.42. The Morgan fingerprint density at radius 2 is 1.95 bits per heavy atom. The molecule has 1 amide bonds. The van der Waals surface area contributed by atoms with Gasteiger partial charge in [0.1, 0.15) is 11.5 Å². The number of fused-ring (bicyclic) bond motifs is 1. The highest BCUT2D eigenvalue weighted by molar-refractivity contribution is 7.15. The van der Waals surface area contributed by atoms with Crippen LogP contribution in [0.5, 0.6) is 0 Å². The summed E-state index contributed by atoms with van der Waals surface area (Å²) in [6, 6.07) is 7.86. The van der Waals surface area contributed by atoms with E-state index < -0.39 is 0 Å². The van der Waals surface area contributed by atoms with Gasteiger partial charge in [-0.3, -0.25) is 18.8 Å². The number of ether oxygens (including phenoxy) is 1. The molecule has 0 unspecified atom stereocenters. The highest BCUT2D eigenvalue weighted by atomic mass is 32.1. The molecule has 11 heteroatoms. The fourth-order valence-corrected chi connectivity index (χ4v) is 5.81. The van der Waals surface area contributed by atoms with E-state index >= 15 is 0 Å². The first-order chi connectivity index (χ1) is 18.3. The monoisotopic (exact) mass is 537 g/mol. The lowest BCUT2D eigenvalue weighted by molar-refractivity contribution is -0.151. The highest BCUT2D eigenvalue weighted by Crippen LogP contribution is 2.25. The minimum absolute atomic E-state index is 0.0465. The zero-order valence-corrected chi connectivity index (χ0v) is 22.3. The minimum atomic E-state index is -0.379. The summed E-state index contributed by atoms with van der Waals surface area (Å²) in [6.45, 7) is 6.66. The second-order valence-corrected chi connectivity index (χ2v) is 10.2. The summed E-state index contributed by atoms with van der Waals surface area (Å²) in [5.41, 5.74) is 2.84. The number of amides is 1. The van der Waals surface area contributed by atoms with Crippen LogP contribution in [0, 0.1) is 25.6 Å². The van der Waals surface area contributed by atoms with Crippen LogP contribution < -0.4 is 5.56 Å². The van der Waals surface area contributed by atoms with Crippen molar-refractivity contribution in [1.82, 2.24) is 24.1 Å². The number of piperidine rings is 1. The van der Waals surface area contributed by atoms with Crippen molar-refractivity contribution in [3.05, 3.63) is 69.0 Å². The lowest BCUT2D eigenvalue weighted by atomic mass is 9.97. The first kappa shape index (κ1) is 25.8. The summed E-state index contributed by atoms with van der Waals surface area (Å²) < 4.78 is 22.0. The second-order valence-electron chi connectivity index (χ2n) is 9.37. The third-order valence-electron chi connectivity index (χ3n) is 6.82. The van der Waals surface area contributed by atoms with E-state index in [-0.39, 0.29) is 35.6 Å². The molecule has 0 radical (unpaired) electrons. The van der Waals surface area contributed by atoms with E-state index in [4.69, 9.17) is 4.74 Å². The maximum absolute atomic E-state index is 13.8. The van der Waals surface area contributed by atoms with Crippen LogP contribution in [0.3, 0.4) is 0 Å². The van der Waals surface area contributed by atoms with Gasteiger partial charge in [-0.05, 0) is 57.9 Å². The third-order valence-corrected chi connectivity index (χ3v) is 7.69. The van der Waals surface area contributed by atoms with E-state index in [0.717, 1.165) is 5.69 Å². The van der Waals surface area contributed by atoms with E-state index in [0.29, 0.717) is 65.8 Å². The van der Waals surface area contributed by atoms with Crippen LogP contribution in [0.4, 0.5) is 4.39 Å². The van der Waals surface area contributed by atoms with Crippen molar-refractivity contribution in [2.75, 3.05) is 19.7 Å². The number of likely N-dealkylation sites (tertiary alicyclic amines) is 1. The van der Waals surface area contributed by atoms with Gasteiger partial charge < -0.3 is 9.64 Å². The predicted molar refractivity (Wildman–Crippen MR) is 141 cm³/mol. The number of rotatable bonds is 6. The van der Waals surface area contributed by atoms with Gasteiger partial charge in [-0.1, -0.05) is 6.07 Å². The molecule has 3 aromatic heterocycles. The number of nitrogens with zero attached hydrogens (tertiary/aromatic N) is 5. The molecular formula is C27H28FN5O4S. The molecule has 4 aromatic rings. The van der Waals surface area contributed by atoms with Crippen molar-refractivity contribution in [3.63, 3.8) is 0 Å². The van der Waals surface area contributed by atoms with Gasteiger partial charge in [-0.15, -0.1) is 11.3 Å². The van der Waals surface area contributed by atoms with Crippen molar-refractivity contribution in [2.24, 2.45) is 5.92 Å². The van der Waals surface area contributed by atoms with Gasteiger partial charge in [-0.25, -0.2) is 14.1 Å². The van der Waals surface area contributed by atoms with Gasteiger partial charge in [0.2, 0.25) is 5.91 Å². The average molecular weight is 538 g/mol. The van der Waals surface area contributed by atoms with E-state index in [1.54, 1.807) is 47.0 Å². The number of hydrogen-bond donors (Lipinski definition) is 0. The van der Waals surface area contributed by atoms with Crippen LogP contribution in [0.25, 0.3) is 21.9 Å². The molecule has 5 rings (SSSR count). The number of aromatic nitrogens is 4. The molecule has 1 aliphatic heterocycles. The molecule has 1 fully saturated rings. The summed E-state index contributed by atoms with van der Waals surface area (Å²) in [6.07, 6.45) is 1.17. The van der Waals surface area contributed by atoms with Crippen molar-refractivity contribution in [2.45, 2.75) is 40.0 Å². The number of carbonyl (C=O) groups is 2. The van der Waals surface area contributed by atoms with Crippen LogP contribution in [0.2, 0.25) is 0 Å². The first-order valence-electron chi connectivity index (χ1n) is 12.5. The summed E-state index contributed by atoms with van der Waals surface area (Å²) in [5, 5.41) is 6.37. The average Bonchev–Trinajstić information content (AvgIpc) is 3.47. The van der Waals surface area contributed by atoms with Crippen molar-refractivity contribution < 1.29 is 18.7 Å². The summed E-state index contributed by atoms with van der Waals surface area (Å²) in [4.78, 5) is 45.7. The topological polar surface area (TPSA) is 98.8 Å². The number of halogens is 1. The lowest BCUT2D eigenvalue weighted by Crippen LogP contribution is -2.41. The predicted octanol–water partition coefficient (Wildman–Crippen LogP) is 3.71. The number of hydrogen-bond acceptors (Lipinski definition) is 7. The maximum atomic E-state index is 13.8. The molecule has 0 N–H and O–H groups in total. The first-order valence-corrected chi connectivity index (χ1v) is 13.4. The Kier molecular flexibility index (Phi) is 7.11. The number of carbonyl (C=O) groups excluding carboxylic acids is 2. The smallest absolute Gasteiger partial charge is 0.309 e. The molecule has 1 aromatic carbocycles. The number of benzene rings is 1. The van der Waals surface area contributed by atoms with Crippen molar-refractivity contribution in [3.8, 4) is 16.9 Å². The molecule has 0 spiro atoms. The quantitative estimate of drug-likeness (QED) is 0.348. The summed E-state index contributed by atoms with van der Waals surface area (Å²) in [7, 11) is 0. The third kappa shape index (κ3) is 4.85. The zero-order chi connectivity index (χ0) is 27.0. The molecule has 0 bridgehead atoms. The van der Waals surface area contributed by atoms with E-state index in [2.05, 4.69) is 10.1 Å².